The van der Waals surface area contributed by atoms with Crippen molar-refractivity contribution in [1.82, 2.24) is 4.98 Å². The summed E-state index contributed by atoms with van der Waals surface area (Å²) in [5.41, 5.74) is 2.21. The Morgan fingerprint density at radius 3 is 2.82 bits per heavy atom. The second kappa shape index (κ2) is 6.12. The maximum absolute atomic E-state index is 12.1. The van der Waals surface area contributed by atoms with Crippen molar-refractivity contribution in [2.45, 2.75) is 6.54 Å². The van der Waals surface area contributed by atoms with E-state index >= 15 is 0 Å². The van der Waals surface area contributed by atoms with Crippen LogP contribution in [-0.2, 0) is 6.54 Å². The van der Waals surface area contributed by atoms with E-state index in [0.29, 0.717) is 17.1 Å². The van der Waals surface area contributed by atoms with E-state index in [0.717, 1.165) is 22.3 Å². The van der Waals surface area contributed by atoms with E-state index in [1.54, 1.807) is 7.11 Å². The Bertz CT molecular complexity index is 874. The molecule has 0 atom stereocenters. The normalized spacial score (nSPS) is 10.6. The molecule has 0 aliphatic heterocycles. The first-order valence-electron chi connectivity index (χ1n) is 6.85. The van der Waals surface area contributed by atoms with Crippen LogP contribution in [0.3, 0.4) is 0 Å². The highest BCUT2D eigenvalue weighted by atomic mass is 35.5. The molecule has 0 aliphatic rings. The molecular weight excluding hydrogens is 300 g/mol. The van der Waals surface area contributed by atoms with Gasteiger partial charge in [0.15, 0.2) is 0 Å². The van der Waals surface area contributed by atoms with Crippen molar-refractivity contribution in [3.63, 3.8) is 0 Å². The van der Waals surface area contributed by atoms with E-state index in [4.69, 9.17) is 16.3 Å². The number of fused-ring (bicyclic) bond motifs is 1. The van der Waals surface area contributed by atoms with Gasteiger partial charge in [-0.2, -0.15) is 0 Å². The Kier molecular flexibility index (Phi) is 4.02. The topological polar surface area (TPSA) is 54.1 Å². The standard InChI is InChI=1S/C17H15ClN2O2/c1-22-15-5-6-16-11(8-15)7-12(17(21)20-16)10-19-14-4-2-3-13(18)9-14/h2-9,19H,10H2,1H3,(H,20,21). The molecule has 0 unspecified atom stereocenters. The Morgan fingerprint density at radius 1 is 1.18 bits per heavy atom. The number of nitrogens with one attached hydrogen (secondary N) is 2. The minimum atomic E-state index is -0.104. The molecule has 5 heteroatoms. The Hall–Kier alpha value is -2.46. The molecule has 0 radical (unpaired) electrons. The lowest BCUT2D eigenvalue weighted by atomic mass is 10.1. The second-order valence-corrected chi connectivity index (χ2v) is 5.38. The summed E-state index contributed by atoms with van der Waals surface area (Å²) in [5.74, 6) is 0.758. The summed E-state index contributed by atoms with van der Waals surface area (Å²) < 4.78 is 5.21. The zero-order valence-electron chi connectivity index (χ0n) is 12.0. The number of hydrogen-bond acceptors (Lipinski definition) is 3. The molecule has 3 rings (SSSR count). The van der Waals surface area contributed by atoms with Gasteiger partial charge < -0.3 is 15.0 Å². The molecule has 0 spiro atoms. The minimum absolute atomic E-state index is 0.104. The number of methoxy groups -OCH3 is 1. The fourth-order valence-electron chi connectivity index (χ4n) is 2.28. The predicted octanol–water partition coefficient (Wildman–Crippen LogP) is 3.80. The maximum Gasteiger partial charge on any atom is 0.253 e. The molecule has 22 heavy (non-hydrogen) atoms. The van der Waals surface area contributed by atoms with E-state index < -0.39 is 0 Å². The summed E-state index contributed by atoms with van der Waals surface area (Å²) in [6, 6.07) is 14.8. The molecule has 2 aromatic carbocycles. The van der Waals surface area contributed by atoms with Crippen LogP contribution >= 0.6 is 11.6 Å². The van der Waals surface area contributed by atoms with E-state index in [1.807, 2.05) is 48.5 Å². The number of halogens is 1. The van der Waals surface area contributed by atoms with Crippen LogP contribution in [-0.4, -0.2) is 12.1 Å². The van der Waals surface area contributed by atoms with Gasteiger partial charge in [-0.15, -0.1) is 0 Å². The molecule has 1 aromatic heterocycles. The van der Waals surface area contributed by atoms with Crippen LogP contribution in [0.1, 0.15) is 5.56 Å². The third-order valence-corrected chi connectivity index (χ3v) is 3.67. The minimum Gasteiger partial charge on any atom is -0.497 e. The molecule has 0 amide bonds. The molecule has 0 saturated heterocycles. The van der Waals surface area contributed by atoms with Gasteiger partial charge >= 0.3 is 0 Å². The molecular formula is C17H15ClN2O2. The molecule has 0 fully saturated rings. The molecule has 0 saturated carbocycles. The van der Waals surface area contributed by atoms with E-state index in [-0.39, 0.29) is 5.56 Å². The van der Waals surface area contributed by atoms with Crippen molar-refractivity contribution in [2.75, 3.05) is 12.4 Å². The molecule has 1 heterocycles. The van der Waals surface area contributed by atoms with Crippen LogP contribution in [0.5, 0.6) is 5.75 Å². The van der Waals surface area contributed by atoms with Crippen molar-refractivity contribution in [2.24, 2.45) is 0 Å². The van der Waals surface area contributed by atoms with E-state index in [1.165, 1.54) is 0 Å². The fourth-order valence-corrected chi connectivity index (χ4v) is 2.47. The smallest absolute Gasteiger partial charge is 0.253 e. The van der Waals surface area contributed by atoms with Crippen LogP contribution in [0, 0.1) is 0 Å². The molecule has 2 N–H and O–H groups in total. The summed E-state index contributed by atoms with van der Waals surface area (Å²) in [6.45, 7) is 0.419. The lowest BCUT2D eigenvalue weighted by Gasteiger charge is -2.08. The molecule has 0 bridgehead atoms. The van der Waals surface area contributed by atoms with Crippen molar-refractivity contribution < 1.29 is 4.74 Å². The number of aromatic nitrogens is 1. The van der Waals surface area contributed by atoms with E-state index in [2.05, 4.69) is 10.3 Å². The first kappa shape index (κ1) is 14.5. The highest BCUT2D eigenvalue weighted by Crippen LogP contribution is 2.19. The quantitative estimate of drug-likeness (QED) is 0.770. The van der Waals surface area contributed by atoms with Gasteiger partial charge in [0.1, 0.15) is 5.75 Å². The predicted molar refractivity (Wildman–Crippen MR) is 89.9 cm³/mol. The Morgan fingerprint density at radius 2 is 2.05 bits per heavy atom. The SMILES string of the molecule is COc1ccc2[nH]c(=O)c(CNc3cccc(Cl)c3)cc2c1. The van der Waals surface area contributed by atoms with Crippen molar-refractivity contribution in [1.29, 1.82) is 0 Å². The molecule has 112 valence electrons. The number of rotatable bonds is 4. The van der Waals surface area contributed by atoms with Crippen molar-refractivity contribution in [3.8, 4) is 5.75 Å². The zero-order valence-corrected chi connectivity index (χ0v) is 12.8. The van der Waals surface area contributed by atoms with Gasteiger partial charge in [-0.3, -0.25) is 4.79 Å². The van der Waals surface area contributed by atoms with Crippen molar-refractivity contribution >= 4 is 28.2 Å². The van der Waals surface area contributed by atoms with Gasteiger partial charge in [0, 0.05) is 33.7 Å². The first-order valence-corrected chi connectivity index (χ1v) is 7.23. The second-order valence-electron chi connectivity index (χ2n) is 4.94. The summed E-state index contributed by atoms with van der Waals surface area (Å²) in [4.78, 5) is 15.0. The number of anilines is 1. The number of pyridine rings is 1. The number of ether oxygens (including phenoxy) is 1. The highest BCUT2D eigenvalue weighted by Gasteiger charge is 2.04. The largest absolute Gasteiger partial charge is 0.497 e. The van der Waals surface area contributed by atoms with Crippen LogP contribution in [0.4, 0.5) is 5.69 Å². The van der Waals surface area contributed by atoms with Gasteiger partial charge in [-0.05, 0) is 42.5 Å². The summed E-state index contributed by atoms with van der Waals surface area (Å²) >= 11 is 5.95. The lowest BCUT2D eigenvalue weighted by molar-refractivity contribution is 0.415. The third-order valence-electron chi connectivity index (χ3n) is 3.44. The van der Waals surface area contributed by atoms with Gasteiger partial charge in [-0.25, -0.2) is 0 Å². The van der Waals surface area contributed by atoms with Crippen LogP contribution < -0.4 is 15.6 Å². The van der Waals surface area contributed by atoms with Gasteiger partial charge in [-0.1, -0.05) is 17.7 Å². The molecule has 3 aromatic rings. The zero-order chi connectivity index (χ0) is 15.5. The summed E-state index contributed by atoms with van der Waals surface area (Å²) in [6.07, 6.45) is 0. The number of H-pyrrole nitrogens is 1. The van der Waals surface area contributed by atoms with Crippen LogP contribution in [0.15, 0.2) is 53.3 Å². The van der Waals surface area contributed by atoms with Gasteiger partial charge in [0.25, 0.3) is 5.56 Å². The van der Waals surface area contributed by atoms with Crippen molar-refractivity contribution in [3.05, 3.63) is 69.5 Å². The third kappa shape index (κ3) is 3.07. The monoisotopic (exact) mass is 314 g/mol. The van der Waals surface area contributed by atoms with Gasteiger partial charge in [0.05, 0.1) is 7.11 Å². The average Bonchev–Trinajstić information content (AvgIpc) is 2.52. The highest BCUT2D eigenvalue weighted by molar-refractivity contribution is 6.30. The Labute approximate surface area is 132 Å². The van der Waals surface area contributed by atoms with Crippen LogP contribution in [0.25, 0.3) is 10.9 Å². The number of hydrogen-bond donors (Lipinski definition) is 2. The first-order chi connectivity index (χ1) is 10.7. The average molecular weight is 315 g/mol. The molecule has 4 nitrogen and oxygen atoms in total. The summed E-state index contributed by atoms with van der Waals surface area (Å²) in [7, 11) is 1.62. The van der Waals surface area contributed by atoms with Crippen LogP contribution in [0.2, 0.25) is 5.02 Å². The number of benzene rings is 2. The summed E-state index contributed by atoms with van der Waals surface area (Å²) in [5, 5.41) is 4.79. The number of aromatic amines is 1. The lowest BCUT2D eigenvalue weighted by Crippen LogP contribution is -2.15. The fraction of sp³-hybridized carbons (Fsp3) is 0.118. The van der Waals surface area contributed by atoms with E-state index in [9.17, 15) is 4.79 Å². The Balaban J connectivity index is 1.89. The maximum atomic E-state index is 12.1. The molecule has 0 aliphatic carbocycles. The van der Waals surface area contributed by atoms with Gasteiger partial charge in [0.2, 0.25) is 0 Å².